The number of nitrogens with zero attached hydrogens (tertiary/aromatic N) is 8. The van der Waals surface area contributed by atoms with Gasteiger partial charge in [0.2, 0.25) is 12.5 Å². The summed E-state index contributed by atoms with van der Waals surface area (Å²) in [7, 11) is 2.06. The fourth-order valence-electron chi connectivity index (χ4n) is 5.27. The Labute approximate surface area is 225 Å². The minimum absolute atomic E-state index is 0.0584. The Morgan fingerprint density at radius 1 is 1.33 bits per heavy atom. The molecule has 0 aliphatic carbocycles. The molecule has 2 atom stereocenters. The van der Waals surface area contributed by atoms with Gasteiger partial charge in [-0.25, -0.2) is 20.5 Å². The molecule has 39 heavy (non-hydrogen) atoms. The average molecular weight is 535 g/mol. The third-order valence-electron chi connectivity index (χ3n) is 7.47. The zero-order valence-electron chi connectivity index (χ0n) is 21.8. The minimum atomic E-state index is -0.523. The maximum absolute atomic E-state index is 14.5. The van der Waals surface area contributed by atoms with Gasteiger partial charge in [0.25, 0.3) is 0 Å². The van der Waals surface area contributed by atoms with Crippen molar-refractivity contribution in [2.45, 2.75) is 31.3 Å². The summed E-state index contributed by atoms with van der Waals surface area (Å²) in [6.45, 7) is 13.8. The van der Waals surface area contributed by atoms with Gasteiger partial charge in [-0.05, 0) is 44.6 Å². The molecule has 204 valence electrons. The molecule has 0 radical (unpaired) electrons. The van der Waals surface area contributed by atoms with Crippen molar-refractivity contribution in [3.8, 4) is 11.8 Å². The van der Waals surface area contributed by atoms with Crippen LogP contribution in [0, 0.1) is 12.4 Å². The number of hydrogen-bond acceptors (Lipinski definition) is 8. The van der Waals surface area contributed by atoms with E-state index in [1.165, 1.54) is 24.3 Å². The zero-order chi connectivity index (χ0) is 27.5. The molecule has 4 heterocycles. The van der Waals surface area contributed by atoms with Crippen LogP contribution in [0.5, 0.6) is 11.8 Å². The number of benzene rings is 1. The zero-order valence-corrected chi connectivity index (χ0v) is 21.8. The number of amides is 1. The predicted molar refractivity (Wildman–Crippen MR) is 142 cm³/mol. The molecule has 0 saturated carbocycles. The maximum Gasteiger partial charge on any atom is 0.336 e. The Hall–Kier alpha value is -4.24. The lowest BCUT2D eigenvalue weighted by Crippen LogP contribution is -2.56. The summed E-state index contributed by atoms with van der Waals surface area (Å²) in [5.74, 6) is -0.381. The van der Waals surface area contributed by atoms with Gasteiger partial charge in [0.05, 0.1) is 11.9 Å². The predicted octanol–water partition coefficient (Wildman–Crippen LogP) is 2.16. The lowest BCUT2D eigenvalue weighted by atomic mass is 10.1. The summed E-state index contributed by atoms with van der Waals surface area (Å²) in [5.41, 5.74) is 1.13. The highest BCUT2D eigenvalue weighted by Crippen LogP contribution is 2.28. The number of phenolic OH excluding ortho intramolecular Hbond substituents is 1. The molecule has 0 unspecified atom stereocenters. The summed E-state index contributed by atoms with van der Waals surface area (Å²) in [6.07, 6.45) is 5.03. The van der Waals surface area contributed by atoms with Crippen molar-refractivity contribution in [2.75, 3.05) is 51.3 Å². The van der Waals surface area contributed by atoms with E-state index in [0.29, 0.717) is 43.4 Å². The first kappa shape index (κ1) is 26.4. The fourth-order valence-corrected chi connectivity index (χ4v) is 5.27. The first-order chi connectivity index (χ1) is 18.9. The van der Waals surface area contributed by atoms with Crippen molar-refractivity contribution in [3.63, 3.8) is 0 Å². The van der Waals surface area contributed by atoms with Gasteiger partial charge in [-0.2, -0.15) is 4.98 Å². The molecule has 2 aliphatic rings. The van der Waals surface area contributed by atoms with E-state index < -0.39 is 5.82 Å². The van der Waals surface area contributed by atoms with Crippen molar-refractivity contribution >= 4 is 17.4 Å². The molecule has 0 bridgehead atoms. The van der Waals surface area contributed by atoms with Gasteiger partial charge >= 0.3 is 6.01 Å². The van der Waals surface area contributed by atoms with Gasteiger partial charge in [-0.1, -0.05) is 12.6 Å². The van der Waals surface area contributed by atoms with Crippen LogP contribution >= 0.6 is 0 Å². The average Bonchev–Trinajstić information content (AvgIpc) is 3.54. The molecule has 2 saturated heterocycles. The Balaban J connectivity index is 1.51. The summed E-state index contributed by atoms with van der Waals surface area (Å²) >= 11 is 0. The summed E-state index contributed by atoms with van der Waals surface area (Å²) < 4.78 is 22.2. The van der Waals surface area contributed by atoms with E-state index in [9.17, 15) is 14.3 Å². The normalized spacial score (nSPS) is 19.8. The Bertz CT molecular complexity index is 1400. The van der Waals surface area contributed by atoms with E-state index in [0.717, 1.165) is 19.4 Å². The molecular weight excluding hydrogens is 503 g/mol. The van der Waals surface area contributed by atoms with Gasteiger partial charge in [-0.3, -0.25) is 4.79 Å². The number of hydrogen-bond donors (Lipinski definition) is 1. The van der Waals surface area contributed by atoms with Crippen molar-refractivity contribution in [3.05, 3.63) is 65.5 Å². The van der Waals surface area contributed by atoms with Crippen LogP contribution < -0.4 is 9.64 Å². The number of carbonyl (C=O) groups is 1. The van der Waals surface area contributed by atoms with Crippen LogP contribution in [0.25, 0.3) is 10.5 Å². The second kappa shape index (κ2) is 11.2. The number of piperazine rings is 1. The third kappa shape index (κ3) is 5.35. The highest BCUT2D eigenvalue weighted by molar-refractivity contribution is 5.87. The van der Waals surface area contributed by atoms with Crippen molar-refractivity contribution in [1.29, 1.82) is 0 Å². The summed E-state index contributed by atoms with van der Waals surface area (Å²) in [4.78, 5) is 31.1. The fraction of sp³-hybridized carbons (Fsp3) is 0.444. The number of aromatic nitrogens is 4. The molecule has 3 aromatic rings. The monoisotopic (exact) mass is 534 g/mol. The topological polar surface area (TPSA) is 104 Å². The number of ether oxygens (including phenoxy) is 1. The van der Waals surface area contributed by atoms with Crippen LogP contribution in [0.1, 0.15) is 24.1 Å². The first-order valence-corrected chi connectivity index (χ1v) is 12.9. The maximum atomic E-state index is 14.5. The molecule has 2 aliphatic heterocycles. The van der Waals surface area contributed by atoms with Gasteiger partial charge in [-0.15, -0.1) is 5.10 Å². The van der Waals surface area contributed by atoms with Gasteiger partial charge in [0, 0.05) is 37.7 Å². The van der Waals surface area contributed by atoms with Crippen molar-refractivity contribution < 1.29 is 19.0 Å². The van der Waals surface area contributed by atoms with Crippen LogP contribution in [-0.2, 0) is 11.2 Å². The van der Waals surface area contributed by atoms with Gasteiger partial charge in [0.1, 0.15) is 24.2 Å². The number of likely N-dealkylation sites (tertiary alicyclic amines) is 1. The van der Waals surface area contributed by atoms with E-state index >= 15 is 0 Å². The van der Waals surface area contributed by atoms with E-state index in [-0.39, 0.29) is 48.3 Å². The van der Waals surface area contributed by atoms with Crippen LogP contribution in [0.3, 0.4) is 0 Å². The summed E-state index contributed by atoms with van der Waals surface area (Å²) in [5, 5.41) is 14.9. The highest BCUT2D eigenvalue weighted by Gasteiger charge is 2.34. The third-order valence-corrected chi connectivity index (χ3v) is 7.47. The van der Waals surface area contributed by atoms with Crippen LogP contribution in [0.15, 0.2) is 37.1 Å². The molecule has 2 aromatic heterocycles. The molecule has 1 amide bonds. The largest absolute Gasteiger partial charge is 0.508 e. The molecule has 12 heteroatoms. The van der Waals surface area contributed by atoms with Crippen LogP contribution in [0.2, 0.25) is 0 Å². The SMILES string of the molecule is [C-]#[N+]C[C@H]1CN(c2nc(OC[C@@H]3CCCN3C)nn3c(Cc4c(O)cccc4F)cnc23)CCN1C(=O)C=C. The standard InChI is InChI=1S/C27H31FN8O3/c1-4-24(38)35-12-11-34(16-20(35)14-29-2)26-25-30-15-19(13-21-22(28)8-5-9-23(21)37)36(25)32-27(31-26)39-17-18-7-6-10-33(18)3/h4-5,8-9,15,18,20,37H,1,6-7,10-14,16-17H2,3H3/t18-,20-/m0/s1. The smallest absolute Gasteiger partial charge is 0.336 e. The highest BCUT2D eigenvalue weighted by atomic mass is 19.1. The Morgan fingerprint density at radius 2 is 2.18 bits per heavy atom. The van der Waals surface area contributed by atoms with Crippen LogP contribution in [-0.4, -0.2) is 98.9 Å². The second-order valence-electron chi connectivity index (χ2n) is 9.88. The Kier molecular flexibility index (Phi) is 7.60. The molecule has 1 aromatic carbocycles. The lowest BCUT2D eigenvalue weighted by molar-refractivity contribution is -0.128. The molecule has 11 nitrogen and oxygen atoms in total. The molecule has 2 fully saturated rings. The van der Waals surface area contributed by atoms with E-state index in [4.69, 9.17) is 16.3 Å². The Morgan fingerprint density at radius 3 is 2.90 bits per heavy atom. The first-order valence-electron chi connectivity index (χ1n) is 12.9. The van der Waals surface area contributed by atoms with E-state index in [1.54, 1.807) is 15.6 Å². The number of fused-ring (bicyclic) bond motifs is 1. The van der Waals surface area contributed by atoms with E-state index in [1.807, 2.05) is 4.90 Å². The number of likely N-dealkylation sites (N-methyl/N-ethyl adjacent to an activating group) is 1. The molecule has 5 rings (SSSR count). The number of aromatic hydroxyl groups is 1. The number of phenols is 1. The minimum Gasteiger partial charge on any atom is -0.508 e. The number of carbonyl (C=O) groups excluding carboxylic acids is 1. The number of halogens is 1. The van der Waals surface area contributed by atoms with E-state index in [2.05, 4.69) is 33.5 Å². The summed E-state index contributed by atoms with van der Waals surface area (Å²) in [6, 6.07) is 4.25. The van der Waals surface area contributed by atoms with Gasteiger partial charge < -0.3 is 29.4 Å². The lowest BCUT2D eigenvalue weighted by Gasteiger charge is -2.39. The molecule has 1 N–H and O–H groups in total. The number of imidazole rings is 1. The second-order valence-corrected chi connectivity index (χ2v) is 9.88. The molecule has 0 spiro atoms. The molecular formula is C27H31FN8O3. The quantitative estimate of drug-likeness (QED) is 0.347. The number of rotatable bonds is 8. The van der Waals surface area contributed by atoms with Crippen LogP contribution in [0.4, 0.5) is 10.2 Å². The van der Waals surface area contributed by atoms with Crippen molar-refractivity contribution in [1.82, 2.24) is 29.4 Å². The van der Waals surface area contributed by atoms with Crippen molar-refractivity contribution in [2.24, 2.45) is 0 Å². The van der Waals surface area contributed by atoms with Gasteiger partial charge in [0.15, 0.2) is 11.5 Å². The number of anilines is 1.